The van der Waals surface area contributed by atoms with Gasteiger partial charge in [-0.3, -0.25) is 9.59 Å². The molecule has 6 atom stereocenters. The summed E-state index contributed by atoms with van der Waals surface area (Å²) in [5.41, 5.74) is 0. The van der Waals surface area contributed by atoms with E-state index in [0.29, 0.717) is 13.1 Å². The number of carbonyl (C=O) groups is 2. The third-order valence-electron chi connectivity index (χ3n) is 4.57. The standard InChI is InChI=1S/C14H21NO5/c1-7-5-15(6-8(2)19-7)13(16)11-9-3-4-10(20-9)12(11)14(17)18/h7-12H,3-6H2,1-2H3,(H,17,18)/t7-,8+,9-,10+,11+,12-/m0/s1. The number of rotatable bonds is 2. The molecule has 6 heteroatoms. The third kappa shape index (κ3) is 2.20. The molecule has 0 spiro atoms. The lowest BCUT2D eigenvalue weighted by Gasteiger charge is -2.38. The molecule has 1 amide bonds. The SMILES string of the molecule is C[C@@H]1CN(C(=O)[C@H]2[C@@H](C(=O)O)[C@H]3CC[C@@H]2O3)C[C@H](C)O1. The van der Waals surface area contributed by atoms with E-state index in [2.05, 4.69) is 0 Å². The van der Waals surface area contributed by atoms with Gasteiger partial charge in [-0.2, -0.15) is 0 Å². The molecule has 0 unspecified atom stereocenters. The molecule has 0 aromatic rings. The molecule has 3 fully saturated rings. The maximum Gasteiger partial charge on any atom is 0.310 e. The van der Waals surface area contributed by atoms with E-state index in [1.807, 2.05) is 13.8 Å². The Bertz CT molecular complexity index is 416. The molecule has 20 heavy (non-hydrogen) atoms. The van der Waals surface area contributed by atoms with Crippen LogP contribution in [-0.2, 0) is 19.1 Å². The second kappa shape index (κ2) is 5.00. The average molecular weight is 283 g/mol. The van der Waals surface area contributed by atoms with Crippen LogP contribution in [0.5, 0.6) is 0 Å². The van der Waals surface area contributed by atoms with Gasteiger partial charge < -0.3 is 19.5 Å². The summed E-state index contributed by atoms with van der Waals surface area (Å²) in [5.74, 6) is -2.20. The molecule has 1 N–H and O–H groups in total. The molecule has 2 bridgehead atoms. The molecule has 0 radical (unpaired) electrons. The number of carbonyl (C=O) groups excluding carboxylic acids is 1. The minimum absolute atomic E-state index is 0.00881. The summed E-state index contributed by atoms with van der Waals surface area (Å²) in [6, 6.07) is 0. The summed E-state index contributed by atoms with van der Waals surface area (Å²) in [7, 11) is 0. The van der Waals surface area contributed by atoms with Crippen molar-refractivity contribution in [2.45, 2.75) is 51.1 Å². The van der Waals surface area contributed by atoms with Crippen molar-refractivity contribution < 1.29 is 24.2 Å². The maximum absolute atomic E-state index is 12.7. The second-order valence-electron chi connectivity index (χ2n) is 6.18. The molecule has 0 aliphatic carbocycles. The number of aliphatic carboxylic acids is 1. The van der Waals surface area contributed by atoms with Crippen molar-refractivity contribution in [3.8, 4) is 0 Å². The van der Waals surface area contributed by atoms with Crippen LogP contribution in [-0.4, -0.2) is 59.4 Å². The highest BCUT2D eigenvalue weighted by molar-refractivity contribution is 5.86. The Hall–Kier alpha value is -1.14. The van der Waals surface area contributed by atoms with Gasteiger partial charge in [0.2, 0.25) is 5.91 Å². The van der Waals surface area contributed by atoms with Gasteiger partial charge in [0.05, 0.1) is 36.3 Å². The molecule has 0 aromatic carbocycles. The fraction of sp³-hybridized carbons (Fsp3) is 0.857. The molecule has 3 aliphatic heterocycles. The van der Waals surface area contributed by atoms with Crippen LogP contribution in [0.25, 0.3) is 0 Å². The van der Waals surface area contributed by atoms with Gasteiger partial charge in [0.1, 0.15) is 0 Å². The largest absolute Gasteiger partial charge is 0.481 e. The van der Waals surface area contributed by atoms with Gasteiger partial charge in [-0.15, -0.1) is 0 Å². The smallest absolute Gasteiger partial charge is 0.310 e. The van der Waals surface area contributed by atoms with E-state index in [1.165, 1.54) is 0 Å². The molecule has 3 rings (SSSR count). The number of carboxylic acid groups (broad SMARTS) is 1. The van der Waals surface area contributed by atoms with E-state index in [0.717, 1.165) is 12.8 Å². The molecule has 6 nitrogen and oxygen atoms in total. The van der Waals surface area contributed by atoms with E-state index in [-0.39, 0.29) is 30.3 Å². The molecule has 3 saturated heterocycles. The van der Waals surface area contributed by atoms with E-state index >= 15 is 0 Å². The predicted molar refractivity (Wildman–Crippen MR) is 69.1 cm³/mol. The Balaban J connectivity index is 1.77. The van der Waals surface area contributed by atoms with Crippen molar-refractivity contribution in [1.29, 1.82) is 0 Å². The zero-order valence-electron chi connectivity index (χ0n) is 11.8. The highest BCUT2D eigenvalue weighted by atomic mass is 16.5. The molecule has 0 saturated carbocycles. The van der Waals surface area contributed by atoms with Crippen LogP contribution < -0.4 is 0 Å². The van der Waals surface area contributed by atoms with Gasteiger partial charge in [-0.1, -0.05) is 0 Å². The number of ether oxygens (including phenoxy) is 2. The van der Waals surface area contributed by atoms with Crippen LogP contribution in [0.15, 0.2) is 0 Å². The van der Waals surface area contributed by atoms with Crippen molar-refractivity contribution >= 4 is 11.9 Å². The Kier molecular flexibility index (Phi) is 3.46. The van der Waals surface area contributed by atoms with Crippen LogP contribution in [0.4, 0.5) is 0 Å². The molecular weight excluding hydrogens is 262 g/mol. The number of fused-ring (bicyclic) bond motifs is 2. The molecule has 3 heterocycles. The molecule has 3 aliphatic rings. The van der Waals surface area contributed by atoms with E-state index in [9.17, 15) is 14.7 Å². The Labute approximate surface area is 118 Å². The van der Waals surface area contributed by atoms with E-state index in [4.69, 9.17) is 9.47 Å². The molecule has 112 valence electrons. The highest BCUT2D eigenvalue weighted by Gasteiger charge is 2.56. The quantitative estimate of drug-likeness (QED) is 0.798. The zero-order valence-corrected chi connectivity index (χ0v) is 11.8. The predicted octanol–water partition coefficient (Wildman–Crippen LogP) is 0.500. The number of hydrogen-bond donors (Lipinski definition) is 1. The van der Waals surface area contributed by atoms with Gasteiger partial charge in [0.15, 0.2) is 0 Å². The minimum Gasteiger partial charge on any atom is -0.481 e. The molecular formula is C14H21NO5. The summed E-state index contributed by atoms with van der Waals surface area (Å²) in [6.07, 6.45) is 1.02. The van der Waals surface area contributed by atoms with Gasteiger partial charge >= 0.3 is 5.97 Å². The summed E-state index contributed by atoms with van der Waals surface area (Å²) in [5, 5.41) is 9.38. The monoisotopic (exact) mass is 283 g/mol. The zero-order chi connectivity index (χ0) is 14.4. The summed E-state index contributed by atoms with van der Waals surface area (Å²) in [4.78, 5) is 25.9. The number of amides is 1. The van der Waals surface area contributed by atoms with Crippen molar-refractivity contribution in [2.24, 2.45) is 11.8 Å². The van der Waals surface area contributed by atoms with E-state index in [1.54, 1.807) is 4.90 Å². The summed E-state index contributed by atoms with van der Waals surface area (Å²) >= 11 is 0. The van der Waals surface area contributed by atoms with Crippen LogP contribution in [0.3, 0.4) is 0 Å². The number of carboxylic acids is 1. The van der Waals surface area contributed by atoms with Crippen molar-refractivity contribution in [3.63, 3.8) is 0 Å². The van der Waals surface area contributed by atoms with Gasteiger partial charge in [0, 0.05) is 13.1 Å². The van der Waals surface area contributed by atoms with Crippen molar-refractivity contribution in [1.82, 2.24) is 4.90 Å². The number of nitrogens with zero attached hydrogens (tertiary/aromatic N) is 1. The number of hydrogen-bond acceptors (Lipinski definition) is 4. The first-order chi connectivity index (χ1) is 9.47. The Morgan fingerprint density at radius 2 is 1.55 bits per heavy atom. The van der Waals surface area contributed by atoms with Gasteiger partial charge in [0.25, 0.3) is 0 Å². The summed E-state index contributed by atoms with van der Waals surface area (Å²) < 4.78 is 11.3. The van der Waals surface area contributed by atoms with Crippen LogP contribution in [0.1, 0.15) is 26.7 Å². The lowest BCUT2D eigenvalue weighted by molar-refractivity contribution is -0.156. The van der Waals surface area contributed by atoms with Crippen molar-refractivity contribution in [3.05, 3.63) is 0 Å². The van der Waals surface area contributed by atoms with E-state index < -0.39 is 17.8 Å². The topological polar surface area (TPSA) is 76.1 Å². The first-order valence-electron chi connectivity index (χ1n) is 7.30. The van der Waals surface area contributed by atoms with Gasteiger partial charge in [-0.05, 0) is 26.7 Å². The van der Waals surface area contributed by atoms with Crippen LogP contribution in [0.2, 0.25) is 0 Å². The third-order valence-corrected chi connectivity index (χ3v) is 4.57. The molecule has 0 aromatic heterocycles. The first kappa shape index (κ1) is 13.8. The lowest BCUT2D eigenvalue weighted by atomic mass is 9.78. The average Bonchev–Trinajstić information content (AvgIpc) is 2.96. The Morgan fingerprint density at radius 3 is 2.10 bits per heavy atom. The maximum atomic E-state index is 12.7. The number of morpholine rings is 1. The lowest BCUT2D eigenvalue weighted by Crippen LogP contribution is -2.53. The van der Waals surface area contributed by atoms with Crippen LogP contribution in [0, 0.1) is 11.8 Å². The van der Waals surface area contributed by atoms with Crippen molar-refractivity contribution in [2.75, 3.05) is 13.1 Å². The highest BCUT2D eigenvalue weighted by Crippen LogP contribution is 2.44. The fourth-order valence-electron chi connectivity index (χ4n) is 3.87. The minimum atomic E-state index is -0.912. The van der Waals surface area contributed by atoms with Gasteiger partial charge in [-0.25, -0.2) is 0 Å². The normalized spacial score (nSPS) is 43.8. The second-order valence-corrected chi connectivity index (χ2v) is 6.18. The van der Waals surface area contributed by atoms with Crippen LogP contribution >= 0.6 is 0 Å². The Morgan fingerprint density at radius 1 is 1.00 bits per heavy atom. The summed E-state index contributed by atoms with van der Waals surface area (Å²) in [6.45, 7) is 4.93. The fourth-order valence-corrected chi connectivity index (χ4v) is 3.87. The first-order valence-corrected chi connectivity index (χ1v) is 7.30.